The van der Waals surface area contributed by atoms with Gasteiger partial charge in [0, 0.05) is 29.2 Å². The average Bonchev–Trinajstić information content (AvgIpc) is 2.40. The van der Waals surface area contributed by atoms with E-state index in [9.17, 15) is 13.2 Å². The molecule has 0 unspecified atom stereocenters. The van der Waals surface area contributed by atoms with E-state index in [2.05, 4.69) is 19.7 Å². The van der Waals surface area contributed by atoms with E-state index < -0.39 is 13.3 Å². The molecule has 0 aliphatic carbocycles. The predicted octanol–water partition coefficient (Wildman–Crippen LogP) is 2.92. The number of halogens is 3. The molecule has 0 saturated carbocycles. The number of hydrogen-bond donors (Lipinski definition) is 0. The molecule has 0 radical (unpaired) electrons. The standard InChI is InChI=1S/C12H10F3N3O/c1-7-2-9(10(6-16-7)19-12(14)15)8-4-17-11(3-13)18-5-8/h2,4-6,12H,3H2,1H3. The van der Waals surface area contributed by atoms with E-state index in [0.717, 1.165) is 0 Å². The van der Waals surface area contributed by atoms with Crippen LogP contribution in [0.5, 0.6) is 5.75 Å². The molecule has 0 amide bonds. The molecular formula is C12H10F3N3O. The zero-order chi connectivity index (χ0) is 13.8. The van der Waals surface area contributed by atoms with Crippen LogP contribution < -0.4 is 4.74 Å². The van der Waals surface area contributed by atoms with Gasteiger partial charge in [0.15, 0.2) is 11.6 Å². The van der Waals surface area contributed by atoms with E-state index in [4.69, 9.17) is 0 Å². The van der Waals surface area contributed by atoms with Gasteiger partial charge in [-0.05, 0) is 13.0 Å². The lowest BCUT2D eigenvalue weighted by Crippen LogP contribution is -2.04. The van der Waals surface area contributed by atoms with Crippen molar-refractivity contribution in [3.8, 4) is 16.9 Å². The van der Waals surface area contributed by atoms with Gasteiger partial charge in [-0.25, -0.2) is 14.4 Å². The van der Waals surface area contributed by atoms with Gasteiger partial charge in [-0.3, -0.25) is 4.98 Å². The molecule has 0 N–H and O–H groups in total. The maximum Gasteiger partial charge on any atom is 0.387 e. The van der Waals surface area contributed by atoms with Crippen molar-refractivity contribution in [2.75, 3.05) is 0 Å². The molecule has 0 aliphatic heterocycles. The Morgan fingerprint density at radius 2 is 1.84 bits per heavy atom. The minimum atomic E-state index is -2.95. The molecule has 2 aromatic heterocycles. The number of alkyl halides is 3. The van der Waals surface area contributed by atoms with Crippen LogP contribution in [0.1, 0.15) is 11.5 Å². The summed E-state index contributed by atoms with van der Waals surface area (Å²) in [6.07, 6.45) is 3.92. The number of aromatic nitrogens is 3. The second kappa shape index (κ2) is 5.64. The van der Waals surface area contributed by atoms with Crippen molar-refractivity contribution < 1.29 is 17.9 Å². The molecule has 2 aromatic rings. The molecule has 0 fully saturated rings. The molecular weight excluding hydrogens is 259 g/mol. The number of ether oxygens (including phenoxy) is 1. The molecule has 0 bridgehead atoms. The van der Waals surface area contributed by atoms with Crippen molar-refractivity contribution in [1.29, 1.82) is 0 Å². The highest BCUT2D eigenvalue weighted by molar-refractivity contribution is 5.68. The quantitative estimate of drug-likeness (QED) is 0.856. The average molecular weight is 269 g/mol. The summed E-state index contributed by atoms with van der Waals surface area (Å²) in [6.45, 7) is -2.02. The van der Waals surface area contributed by atoms with E-state index in [-0.39, 0.29) is 11.6 Å². The summed E-state index contributed by atoms with van der Waals surface area (Å²) >= 11 is 0. The number of rotatable bonds is 4. The van der Waals surface area contributed by atoms with Crippen LogP contribution in [0, 0.1) is 6.92 Å². The van der Waals surface area contributed by atoms with Gasteiger partial charge in [-0.1, -0.05) is 0 Å². The third-order valence-corrected chi connectivity index (χ3v) is 2.36. The summed E-state index contributed by atoms with van der Waals surface area (Å²) in [5, 5.41) is 0. The summed E-state index contributed by atoms with van der Waals surface area (Å²) in [5.74, 6) is -0.0388. The van der Waals surface area contributed by atoms with Gasteiger partial charge in [0.2, 0.25) is 0 Å². The smallest absolute Gasteiger partial charge is 0.387 e. The molecule has 0 atom stereocenters. The Morgan fingerprint density at radius 1 is 1.16 bits per heavy atom. The normalized spacial score (nSPS) is 10.8. The lowest BCUT2D eigenvalue weighted by Gasteiger charge is -2.10. The molecule has 7 heteroatoms. The summed E-state index contributed by atoms with van der Waals surface area (Å²) in [6, 6.07) is 1.57. The Morgan fingerprint density at radius 3 is 2.42 bits per heavy atom. The summed E-state index contributed by atoms with van der Waals surface area (Å²) in [7, 11) is 0. The minimum absolute atomic E-state index is 0.0332. The Bertz CT molecular complexity index is 561. The van der Waals surface area contributed by atoms with Crippen LogP contribution in [0.25, 0.3) is 11.1 Å². The highest BCUT2D eigenvalue weighted by Crippen LogP contribution is 2.30. The molecule has 4 nitrogen and oxygen atoms in total. The van der Waals surface area contributed by atoms with E-state index in [1.165, 1.54) is 18.6 Å². The van der Waals surface area contributed by atoms with Crippen molar-refractivity contribution in [3.05, 3.63) is 36.2 Å². The second-order valence-corrected chi connectivity index (χ2v) is 3.72. The van der Waals surface area contributed by atoms with Gasteiger partial charge in [-0.15, -0.1) is 0 Å². The maximum atomic E-state index is 12.3. The number of pyridine rings is 1. The van der Waals surface area contributed by atoms with Crippen LogP contribution >= 0.6 is 0 Å². The topological polar surface area (TPSA) is 47.9 Å². The van der Waals surface area contributed by atoms with Crippen LogP contribution in [0.3, 0.4) is 0 Å². The van der Waals surface area contributed by atoms with Crippen molar-refractivity contribution in [2.24, 2.45) is 0 Å². The van der Waals surface area contributed by atoms with Crippen molar-refractivity contribution >= 4 is 0 Å². The summed E-state index contributed by atoms with van der Waals surface area (Å²) < 4.78 is 41.3. The lowest BCUT2D eigenvalue weighted by molar-refractivity contribution is -0.0496. The van der Waals surface area contributed by atoms with Crippen molar-refractivity contribution in [1.82, 2.24) is 15.0 Å². The molecule has 0 spiro atoms. The number of aryl methyl sites for hydroxylation is 1. The largest absolute Gasteiger partial charge is 0.433 e. The van der Waals surface area contributed by atoms with E-state index in [0.29, 0.717) is 16.8 Å². The van der Waals surface area contributed by atoms with Gasteiger partial charge in [-0.2, -0.15) is 8.78 Å². The maximum absolute atomic E-state index is 12.3. The summed E-state index contributed by atoms with van der Waals surface area (Å²) in [4.78, 5) is 11.4. The first-order chi connectivity index (χ1) is 9.10. The van der Waals surface area contributed by atoms with Crippen LogP contribution in [0.15, 0.2) is 24.7 Å². The van der Waals surface area contributed by atoms with Gasteiger partial charge in [0.05, 0.1) is 6.20 Å². The Kier molecular flexibility index (Phi) is 3.94. The highest BCUT2D eigenvalue weighted by Gasteiger charge is 2.13. The fraction of sp³-hybridized carbons (Fsp3) is 0.250. The molecule has 0 aromatic carbocycles. The first-order valence-electron chi connectivity index (χ1n) is 5.39. The molecule has 0 saturated heterocycles. The molecule has 19 heavy (non-hydrogen) atoms. The van der Waals surface area contributed by atoms with Crippen LogP contribution in [-0.4, -0.2) is 21.6 Å². The van der Waals surface area contributed by atoms with E-state index >= 15 is 0 Å². The third kappa shape index (κ3) is 3.18. The van der Waals surface area contributed by atoms with E-state index in [1.54, 1.807) is 13.0 Å². The zero-order valence-corrected chi connectivity index (χ0v) is 9.98. The second-order valence-electron chi connectivity index (χ2n) is 3.72. The predicted molar refractivity (Wildman–Crippen MR) is 61.4 cm³/mol. The zero-order valence-electron chi connectivity index (χ0n) is 9.98. The first-order valence-corrected chi connectivity index (χ1v) is 5.39. The van der Waals surface area contributed by atoms with Gasteiger partial charge >= 0.3 is 6.61 Å². The SMILES string of the molecule is Cc1cc(-c2cnc(CF)nc2)c(OC(F)F)cn1. The first kappa shape index (κ1) is 13.3. The number of nitrogens with zero attached hydrogens (tertiary/aromatic N) is 3. The van der Waals surface area contributed by atoms with Crippen molar-refractivity contribution in [3.63, 3.8) is 0 Å². The van der Waals surface area contributed by atoms with Crippen LogP contribution in [0.4, 0.5) is 13.2 Å². The Balaban J connectivity index is 2.43. The van der Waals surface area contributed by atoms with Gasteiger partial charge in [0.1, 0.15) is 6.67 Å². The van der Waals surface area contributed by atoms with Crippen molar-refractivity contribution in [2.45, 2.75) is 20.2 Å². The van der Waals surface area contributed by atoms with E-state index in [1.807, 2.05) is 0 Å². The van der Waals surface area contributed by atoms with Crippen LogP contribution in [-0.2, 0) is 6.67 Å². The fourth-order valence-electron chi connectivity index (χ4n) is 1.53. The molecule has 2 rings (SSSR count). The Labute approximate surface area is 107 Å². The molecule has 2 heterocycles. The van der Waals surface area contributed by atoms with Gasteiger partial charge in [0.25, 0.3) is 0 Å². The monoisotopic (exact) mass is 269 g/mol. The minimum Gasteiger partial charge on any atom is -0.433 e. The molecule has 0 aliphatic rings. The Hall–Kier alpha value is -2.18. The summed E-state index contributed by atoms with van der Waals surface area (Å²) in [5.41, 5.74) is 1.47. The lowest BCUT2D eigenvalue weighted by atomic mass is 10.1. The number of hydrogen-bond acceptors (Lipinski definition) is 4. The third-order valence-electron chi connectivity index (χ3n) is 2.36. The van der Waals surface area contributed by atoms with Gasteiger partial charge < -0.3 is 4.74 Å². The van der Waals surface area contributed by atoms with Crippen LogP contribution in [0.2, 0.25) is 0 Å². The fourth-order valence-corrected chi connectivity index (χ4v) is 1.53. The molecule has 100 valence electrons. The highest BCUT2D eigenvalue weighted by atomic mass is 19.3.